The summed E-state index contributed by atoms with van der Waals surface area (Å²) >= 11 is 1.00. The SMILES string of the molecule is O=Cc1cnc(-c2ncc(F)cc2F)s1. The van der Waals surface area contributed by atoms with E-state index >= 15 is 0 Å². The summed E-state index contributed by atoms with van der Waals surface area (Å²) in [6.45, 7) is 0. The standard InChI is InChI=1S/C9H4F2N2OS/c10-5-1-7(11)8(12-2-5)9-13-3-6(4-14)15-9/h1-4H. The van der Waals surface area contributed by atoms with Crippen molar-refractivity contribution in [2.75, 3.05) is 0 Å². The molecule has 2 heterocycles. The third kappa shape index (κ3) is 1.89. The zero-order chi connectivity index (χ0) is 10.8. The Kier molecular flexibility index (Phi) is 2.51. The summed E-state index contributed by atoms with van der Waals surface area (Å²) in [5.41, 5.74) is -0.0468. The van der Waals surface area contributed by atoms with Crippen molar-refractivity contribution >= 4 is 17.6 Å². The highest BCUT2D eigenvalue weighted by atomic mass is 32.1. The van der Waals surface area contributed by atoms with Gasteiger partial charge in [0.25, 0.3) is 0 Å². The lowest BCUT2D eigenvalue weighted by atomic mass is 10.3. The predicted octanol–water partition coefficient (Wildman–Crippen LogP) is 2.30. The number of aldehydes is 1. The number of nitrogens with zero attached hydrogens (tertiary/aromatic N) is 2. The molecule has 0 aliphatic carbocycles. The van der Waals surface area contributed by atoms with Gasteiger partial charge in [-0.15, -0.1) is 11.3 Å². The van der Waals surface area contributed by atoms with E-state index in [9.17, 15) is 13.6 Å². The van der Waals surface area contributed by atoms with Crippen molar-refractivity contribution < 1.29 is 13.6 Å². The van der Waals surface area contributed by atoms with Crippen LogP contribution in [0, 0.1) is 11.6 Å². The summed E-state index contributed by atoms with van der Waals surface area (Å²) in [5.74, 6) is -1.54. The van der Waals surface area contributed by atoms with E-state index in [0.29, 0.717) is 11.2 Å². The normalized spacial score (nSPS) is 10.3. The van der Waals surface area contributed by atoms with Gasteiger partial charge in [-0.2, -0.15) is 0 Å². The number of hydrogen-bond donors (Lipinski definition) is 0. The second-order valence-corrected chi connectivity index (χ2v) is 3.73. The molecule has 0 fully saturated rings. The molecule has 76 valence electrons. The number of halogens is 2. The van der Waals surface area contributed by atoms with Crippen molar-refractivity contribution in [1.82, 2.24) is 9.97 Å². The fourth-order valence-electron chi connectivity index (χ4n) is 1.02. The van der Waals surface area contributed by atoms with Gasteiger partial charge in [0.1, 0.15) is 16.5 Å². The first kappa shape index (κ1) is 9.85. The molecule has 2 aromatic heterocycles. The largest absolute Gasteiger partial charge is 0.297 e. The van der Waals surface area contributed by atoms with Crippen molar-refractivity contribution in [2.24, 2.45) is 0 Å². The number of thiazole rings is 1. The van der Waals surface area contributed by atoms with Crippen molar-refractivity contribution in [3.05, 3.63) is 35.0 Å². The van der Waals surface area contributed by atoms with Crippen molar-refractivity contribution in [1.29, 1.82) is 0 Å². The minimum Gasteiger partial charge on any atom is -0.297 e. The molecule has 0 unspecified atom stereocenters. The van der Waals surface area contributed by atoms with Crippen LogP contribution in [0.5, 0.6) is 0 Å². The monoisotopic (exact) mass is 226 g/mol. The van der Waals surface area contributed by atoms with Crippen LogP contribution in [-0.4, -0.2) is 16.3 Å². The minimum atomic E-state index is -0.790. The molecule has 0 saturated heterocycles. The van der Waals surface area contributed by atoms with Crippen LogP contribution in [0.15, 0.2) is 18.5 Å². The fraction of sp³-hybridized carbons (Fsp3) is 0. The summed E-state index contributed by atoms with van der Waals surface area (Å²) in [7, 11) is 0. The Morgan fingerprint density at radius 2 is 2.07 bits per heavy atom. The van der Waals surface area contributed by atoms with Crippen LogP contribution in [0.3, 0.4) is 0 Å². The van der Waals surface area contributed by atoms with E-state index in [1.165, 1.54) is 6.20 Å². The average Bonchev–Trinajstić information content (AvgIpc) is 2.66. The molecule has 0 aliphatic heterocycles. The van der Waals surface area contributed by atoms with Gasteiger partial charge in [-0.05, 0) is 0 Å². The van der Waals surface area contributed by atoms with Crippen LogP contribution in [0.4, 0.5) is 8.78 Å². The first-order chi connectivity index (χ1) is 7.20. The van der Waals surface area contributed by atoms with Gasteiger partial charge in [-0.3, -0.25) is 4.79 Å². The Hall–Kier alpha value is -1.69. The van der Waals surface area contributed by atoms with E-state index in [2.05, 4.69) is 9.97 Å². The molecule has 0 bridgehead atoms. The smallest absolute Gasteiger partial charge is 0.161 e. The van der Waals surface area contributed by atoms with Crippen molar-refractivity contribution in [3.8, 4) is 10.7 Å². The maximum Gasteiger partial charge on any atom is 0.161 e. The lowest BCUT2D eigenvalue weighted by molar-refractivity contribution is 0.112. The molecule has 0 N–H and O–H groups in total. The summed E-state index contributed by atoms with van der Waals surface area (Å²) in [6.07, 6.45) is 2.83. The van der Waals surface area contributed by atoms with Crippen LogP contribution >= 0.6 is 11.3 Å². The fourth-order valence-corrected chi connectivity index (χ4v) is 1.75. The molecular weight excluding hydrogens is 222 g/mol. The van der Waals surface area contributed by atoms with Gasteiger partial charge in [0.2, 0.25) is 0 Å². The van der Waals surface area contributed by atoms with E-state index in [-0.39, 0.29) is 10.7 Å². The van der Waals surface area contributed by atoms with Gasteiger partial charge >= 0.3 is 0 Å². The predicted molar refractivity (Wildman–Crippen MR) is 50.6 cm³/mol. The third-order valence-corrected chi connectivity index (χ3v) is 2.58. The topological polar surface area (TPSA) is 42.9 Å². The van der Waals surface area contributed by atoms with Gasteiger partial charge < -0.3 is 0 Å². The molecule has 0 aromatic carbocycles. The highest BCUT2D eigenvalue weighted by Crippen LogP contribution is 2.24. The molecule has 15 heavy (non-hydrogen) atoms. The number of aromatic nitrogens is 2. The molecule has 3 nitrogen and oxygen atoms in total. The first-order valence-electron chi connectivity index (χ1n) is 3.93. The molecular formula is C9H4F2N2OS. The molecule has 2 rings (SSSR count). The summed E-state index contributed by atoms with van der Waals surface area (Å²) in [4.78, 5) is 18.1. The molecule has 0 spiro atoms. The summed E-state index contributed by atoms with van der Waals surface area (Å²) < 4.78 is 25.8. The van der Waals surface area contributed by atoms with Crippen LogP contribution in [0.2, 0.25) is 0 Å². The number of hydrogen-bond acceptors (Lipinski definition) is 4. The van der Waals surface area contributed by atoms with Crippen LogP contribution < -0.4 is 0 Å². The lowest BCUT2D eigenvalue weighted by Gasteiger charge is -1.96. The Balaban J connectivity index is 2.49. The van der Waals surface area contributed by atoms with E-state index in [0.717, 1.165) is 23.6 Å². The Labute approximate surface area is 87.4 Å². The molecule has 0 amide bonds. The highest BCUT2D eigenvalue weighted by molar-refractivity contribution is 7.16. The van der Waals surface area contributed by atoms with Crippen LogP contribution in [0.25, 0.3) is 10.7 Å². The first-order valence-corrected chi connectivity index (χ1v) is 4.75. The summed E-state index contributed by atoms with van der Waals surface area (Å²) in [5, 5.41) is 0.259. The quantitative estimate of drug-likeness (QED) is 0.738. The number of rotatable bonds is 2. The van der Waals surface area contributed by atoms with Crippen LogP contribution in [-0.2, 0) is 0 Å². The van der Waals surface area contributed by atoms with E-state index in [4.69, 9.17) is 0 Å². The lowest BCUT2D eigenvalue weighted by Crippen LogP contribution is -1.89. The maximum atomic E-state index is 13.2. The molecule has 0 saturated carbocycles. The molecule has 6 heteroatoms. The number of carbonyl (C=O) groups is 1. The summed E-state index contributed by atoms with van der Waals surface area (Å²) in [6, 6.07) is 0.727. The van der Waals surface area contributed by atoms with Crippen LogP contribution in [0.1, 0.15) is 9.67 Å². The highest BCUT2D eigenvalue weighted by Gasteiger charge is 2.11. The minimum absolute atomic E-state index is 0.0468. The van der Waals surface area contributed by atoms with E-state index < -0.39 is 11.6 Å². The van der Waals surface area contributed by atoms with Gasteiger partial charge in [-0.25, -0.2) is 18.7 Å². The molecule has 0 aliphatic rings. The second kappa shape index (κ2) is 3.82. The Morgan fingerprint density at radius 3 is 2.67 bits per heavy atom. The van der Waals surface area contributed by atoms with Gasteiger partial charge in [0, 0.05) is 12.3 Å². The Morgan fingerprint density at radius 1 is 1.27 bits per heavy atom. The van der Waals surface area contributed by atoms with Gasteiger partial charge in [-0.1, -0.05) is 0 Å². The second-order valence-electron chi connectivity index (χ2n) is 2.67. The molecule has 2 aromatic rings. The molecule has 0 atom stereocenters. The zero-order valence-corrected chi connectivity index (χ0v) is 8.09. The number of carbonyl (C=O) groups excluding carboxylic acids is 1. The average molecular weight is 226 g/mol. The Bertz CT molecular complexity index is 513. The number of pyridine rings is 1. The van der Waals surface area contributed by atoms with E-state index in [1.807, 2.05) is 0 Å². The van der Waals surface area contributed by atoms with Crippen molar-refractivity contribution in [3.63, 3.8) is 0 Å². The van der Waals surface area contributed by atoms with Crippen molar-refractivity contribution in [2.45, 2.75) is 0 Å². The maximum absolute atomic E-state index is 13.2. The van der Waals surface area contributed by atoms with E-state index in [1.54, 1.807) is 0 Å². The van der Waals surface area contributed by atoms with Gasteiger partial charge in [0.05, 0.1) is 11.1 Å². The van der Waals surface area contributed by atoms with Gasteiger partial charge in [0.15, 0.2) is 12.1 Å². The zero-order valence-electron chi connectivity index (χ0n) is 7.28. The molecule has 0 radical (unpaired) electrons. The third-order valence-electron chi connectivity index (χ3n) is 1.65.